The van der Waals surface area contributed by atoms with Gasteiger partial charge in [0.1, 0.15) is 0 Å². The van der Waals surface area contributed by atoms with E-state index in [2.05, 4.69) is 0 Å². The van der Waals surface area contributed by atoms with Gasteiger partial charge in [-0.15, -0.1) is 0 Å². The zero-order valence-electron chi connectivity index (χ0n) is 12.3. The van der Waals surface area contributed by atoms with Crippen LogP contribution in [0.5, 0.6) is 0 Å². The highest BCUT2D eigenvalue weighted by Gasteiger charge is 2.31. The van der Waals surface area contributed by atoms with Gasteiger partial charge in [-0.05, 0) is 28.8 Å². The molecule has 0 amide bonds. The molecule has 4 nitrogen and oxygen atoms in total. The molecule has 0 radical (unpaired) electrons. The van der Waals surface area contributed by atoms with Gasteiger partial charge in [-0.1, -0.05) is 23.7 Å². The lowest BCUT2D eigenvalue weighted by atomic mass is 10.1. The number of hydrogen-bond acceptors (Lipinski definition) is 3. The maximum absolute atomic E-state index is 12.7. The molecule has 0 saturated heterocycles. The van der Waals surface area contributed by atoms with E-state index in [1.54, 1.807) is 6.07 Å². The molecule has 0 spiro atoms. The van der Waals surface area contributed by atoms with Gasteiger partial charge in [0.25, 0.3) is 5.69 Å². The Morgan fingerprint density at radius 1 is 1.12 bits per heavy atom. The second kappa shape index (κ2) is 6.07. The van der Waals surface area contributed by atoms with Crippen molar-refractivity contribution in [1.29, 1.82) is 0 Å². The fourth-order valence-corrected chi connectivity index (χ4v) is 3.01. The molecule has 2 aromatic carbocycles. The van der Waals surface area contributed by atoms with Gasteiger partial charge in [0.15, 0.2) is 0 Å². The predicted octanol–water partition coefficient (Wildman–Crippen LogP) is 4.78. The number of nitro benzene ring substituents is 1. The summed E-state index contributed by atoms with van der Waals surface area (Å²) in [5.41, 5.74) is 1.67. The van der Waals surface area contributed by atoms with Crippen LogP contribution in [0.15, 0.2) is 36.4 Å². The first-order valence-electron chi connectivity index (χ1n) is 7.08. The zero-order valence-corrected chi connectivity index (χ0v) is 13.1. The average molecular weight is 357 g/mol. The molecular formula is C16H12ClF3N2O2. The molecule has 0 saturated carbocycles. The van der Waals surface area contributed by atoms with Crippen LogP contribution in [0.4, 0.5) is 18.9 Å². The van der Waals surface area contributed by atoms with Gasteiger partial charge in [0, 0.05) is 36.8 Å². The van der Waals surface area contributed by atoms with Crippen molar-refractivity contribution in [3.63, 3.8) is 0 Å². The van der Waals surface area contributed by atoms with Crippen molar-refractivity contribution in [1.82, 2.24) is 4.90 Å². The van der Waals surface area contributed by atoms with Gasteiger partial charge in [0.2, 0.25) is 0 Å². The van der Waals surface area contributed by atoms with E-state index in [9.17, 15) is 23.3 Å². The Bertz CT molecular complexity index is 808. The Kier molecular flexibility index (Phi) is 4.23. The summed E-state index contributed by atoms with van der Waals surface area (Å²) >= 11 is 5.98. The van der Waals surface area contributed by atoms with Crippen LogP contribution in [0.3, 0.4) is 0 Å². The minimum Gasteiger partial charge on any atom is -0.291 e. The van der Waals surface area contributed by atoms with Crippen LogP contribution in [0.1, 0.15) is 22.3 Å². The number of nitro groups is 1. The number of nitrogens with zero attached hydrogens (tertiary/aromatic N) is 2. The second-order valence-electron chi connectivity index (χ2n) is 5.66. The fourth-order valence-electron chi connectivity index (χ4n) is 2.77. The third-order valence-corrected chi connectivity index (χ3v) is 4.31. The first-order valence-corrected chi connectivity index (χ1v) is 7.46. The summed E-state index contributed by atoms with van der Waals surface area (Å²) in [5, 5.41) is 10.9. The van der Waals surface area contributed by atoms with Crippen molar-refractivity contribution in [3.05, 3.63) is 73.8 Å². The van der Waals surface area contributed by atoms with Crippen molar-refractivity contribution < 1.29 is 18.1 Å². The molecule has 3 rings (SSSR count). The molecule has 0 bridgehead atoms. The minimum absolute atomic E-state index is 0.0307. The largest absolute Gasteiger partial charge is 0.416 e. The van der Waals surface area contributed by atoms with Gasteiger partial charge in [-0.2, -0.15) is 13.2 Å². The SMILES string of the molecule is O=[N+]([O-])c1ccc2c(c1)CN(Cc1ccc(C(F)(F)F)cc1Cl)C2. The number of benzene rings is 2. The molecule has 24 heavy (non-hydrogen) atoms. The van der Waals surface area contributed by atoms with E-state index in [1.807, 2.05) is 4.90 Å². The van der Waals surface area contributed by atoms with Crippen LogP contribution < -0.4 is 0 Å². The summed E-state index contributed by atoms with van der Waals surface area (Å²) < 4.78 is 38.0. The number of non-ortho nitro benzene ring substituents is 1. The molecule has 0 fully saturated rings. The summed E-state index contributed by atoms with van der Waals surface area (Å²) in [7, 11) is 0. The maximum atomic E-state index is 12.7. The lowest BCUT2D eigenvalue weighted by molar-refractivity contribution is -0.384. The van der Waals surface area contributed by atoms with Gasteiger partial charge in [-0.3, -0.25) is 15.0 Å². The Morgan fingerprint density at radius 2 is 1.83 bits per heavy atom. The Morgan fingerprint density at radius 3 is 2.46 bits per heavy atom. The van der Waals surface area contributed by atoms with Crippen LogP contribution in [-0.2, 0) is 25.8 Å². The summed E-state index contributed by atoms with van der Waals surface area (Å²) in [4.78, 5) is 12.3. The van der Waals surface area contributed by atoms with Gasteiger partial charge < -0.3 is 0 Å². The molecule has 2 aromatic rings. The number of alkyl halides is 3. The first-order chi connectivity index (χ1) is 11.2. The molecular weight excluding hydrogens is 345 g/mol. The normalized spacial score (nSPS) is 14.7. The highest BCUT2D eigenvalue weighted by molar-refractivity contribution is 6.31. The zero-order chi connectivity index (χ0) is 17.5. The number of hydrogen-bond donors (Lipinski definition) is 0. The molecule has 0 N–H and O–H groups in total. The van der Waals surface area contributed by atoms with E-state index >= 15 is 0 Å². The summed E-state index contributed by atoms with van der Waals surface area (Å²) in [6.07, 6.45) is -4.43. The highest BCUT2D eigenvalue weighted by Crippen LogP contribution is 2.33. The molecule has 0 aromatic heterocycles. The van der Waals surface area contributed by atoms with E-state index in [-0.39, 0.29) is 10.7 Å². The van der Waals surface area contributed by atoms with E-state index in [1.165, 1.54) is 18.2 Å². The standard InChI is InChI=1S/C16H12ClF3N2O2/c17-15-6-13(16(18,19)20)3-1-11(15)8-21-7-10-2-4-14(22(23)24)5-12(10)9-21/h1-6H,7-9H2. The van der Waals surface area contributed by atoms with Crippen molar-refractivity contribution in [2.75, 3.05) is 0 Å². The number of fused-ring (bicyclic) bond motifs is 1. The second-order valence-corrected chi connectivity index (χ2v) is 6.07. The highest BCUT2D eigenvalue weighted by atomic mass is 35.5. The monoisotopic (exact) mass is 356 g/mol. The van der Waals surface area contributed by atoms with Crippen LogP contribution in [0.2, 0.25) is 5.02 Å². The van der Waals surface area contributed by atoms with Gasteiger partial charge in [-0.25, -0.2) is 0 Å². The van der Waals surface area contributed by atoms with Crippen molar-refractivity contribution >= 4 is 17.3 Å². The van der Waals surface area contributed by atoms with Crippen LogP contribution in [0.25, 0.3) is 0 Å². The van der Waals surface area contributed by atoms with Crippen molar-refractivity contribution in [2.24, 2.45) is 0 Å². The minimum atomic E-state index is -4.43. The summed E-state index contributed by atoms with van der Waals surface area (Å²) in [6, 6.07) is 8.00. The molecule has 1 aliphatic heterocycles. The first kappa shape index (κ1) is 16.7. The topological polar surface area (TPSA) is 46.4 Å². The lowest BCUT2D eigenvalue weighted by Crippen LogP contribution is -2.16. The van der Waals surface area contributed by atoms with E-state index in [0.29, 0.717) is 25.2 Å². The molecule has 8 heteroatoms. The molecule has 1 heterocycles. The predicted molar refractivity (Wildman–Crippen MR) is 82.5 cm³/mol. The Labute approximate surface area is 140 Å². The molecule has 0 unspecified atom stereocenters. The quantitative estimate of drug-likeness (QED) is 0.587. The van der Waals surface area contributed by atoms with Crippen LogP contribution >= 0.6 is 11.6 Å². The van der Waals surface area contributed by atoms with E-state index in [0.717, 1.165) is 23.3 Å². The maximum Gasteiger partial charge on any atom is 0.416 e. The van der Waals surface area contributed by atoms with Crippen LogP contribution in [0, 0.1) is 10.1 Å². The van der Waals surface area contributed by atoms with Gasteiger partial charge in [0.05, 0.1) is 10.5 Å². The fraction of sp³-hybridized carbons (Fsp3) is 0.250. The number of halogens is 4. The van der Waals surface area contributed by atoms with Crippen LogP contribution in [-0.4, -0.2) is 9.82 Å². The molecule has 1 aliphatic rings. The van der Waals surface area contributed by atoms with E-state index in [4.69, 9.17) is 11.6 Å². The summed E-state index contributed by atoms with van der Waals surface area (Å²) in [5.74, 6) is 0. The number of rotatable bonds is 3. The Balaban J connectivity index is 1.75. The smallest absolute Gasteiger partial charge is 0.291 e. The van der Waals surface area contributed by atoms with Crippen molar-refractivity contribution in [2.45, 2.75) is 25.8 Å². The molecule has 0 aliphatic carbocycles. The summed E-state index contributed by atoms with van der Waals surface area (Å²) in [6.45, 7) is 1.44. The molecule has 126 valence electrons. The van der Waals surface area contributed by atoms with Gasteiger partial charge >= 0.3 is 6.18 Å². The molecule has 0 atom stereocenters. The van der Waals surface area contributed by atoms with E-state index < -0.39 is 16.7 Å². The Hall–Kier alpha value is -2.12. The lowest BCUT2D eigenvalue weighted by Gasteiger charge is -2.17. The average Bonchev–Trinajstić information content (AvgIpc) is 2.89. The third kappa shape index (κ3) is 3.37. The van der Waals surface area contributed by atoms with Crippen molar-refractivity contribution in [3.8, 4) is 0 Å². The third-order valence-electron chi connectivity index (χ3n) is 3.96.